The number of benzene rings is 4. The van der Waals surface area contributed by atoms with Crippen molar-refractivity contribution in [2.24, 2.45) is 0 Å². The molecule has 1 fully saturated rings. The van der Waals surface area contributed by atoms with Gasteiger partial charge in [0.25, 0.3) is 5.91 Å². The number of rotatable bonds is 11. The number of amides is 3. The minimum atomic E-state index is -1.68. The Labute approximate surface area is 263 Å². The Morgan fingerprint density at radius 1 is 0.778 bits per heavy atom. The Morgan fingerprint density at radius 3 is 2.13 bits per heavy atom. The molecule has 0 heterocycles. The molecular formula is C37H39N3O5. The van der Waals surface area contributed by atoms with Crippen LogP contribution in [-0.2, 0) is 17.9 Å². The second-order valence-corrected chi connectivity index (χ2v) is 11.5. The van der Waals surface area contributed by atoms with Crippen molar-refractivity contribution in [3.05, 3.63) is 125 Å². The largest absolute Gasteiger partial charge is 0.479 e. The molecule has 232 valence electrons. The molecule has 8 nitrogen and oxygen atoms in total. The summed E-state index contributed by atoms with van der Waals surface area (Å²) in [7, 11) is 0. The highest BCUT2D eigenvalue weighted by atomic mass is 16.4. The predicted molar refractivity (Wildman–Crippen MR) is 175 cm³/mol. The smallest absolute Gasteiger partial charge is 0.334 e. The maximum absolute atomic E-state index is 13.8. The fraction of sp³-hybridized carbons (Fsp3) is 0.270. The van der Waals surface area contributed by atoms with Gasteiger partial charge in [-0.25, -0.2) is 9.59 Å². The summed E-state index contributed by atoms with van der Waals surface area (Å²) in [4.78, 5) is 38.8. The third-order valence-corrected chi connectivity index (χ3v) is 8.36. The number of aliphatic hydroxyl groups is 1. The molecule has 4 aromatic rings. The first kappa shape index (κ1) is 31.5. The lowest BCUT2D eigenvalue weighted by Gasteiger charge is -2.26. The molecule has 4 N–H and O–H groups in total. The molecule has 0 aromatic heterocycles. The molecule has 0 bridgehead atoms. The van der Waals surface area contributed by atoms with Crippen molar-refractivity contribution in [2.45, 2.75) is 57.2 Å². The number of nitrogens with one attached hydrogen (secondary N) is 2. The van der Waals surface area contributed by atoms with Gasteiger partial charge in [-0.3, -0.25) is 9.69 Å². The van der Waals surface area contributed by atoms with Gasteiger partial charge in [-0.05, 0) is 70.8 Å². The van der Waals surface area contributed by atoms with Crippen LogP contribution in [0, 0.1) is 0 Å². The second kappa shape index (κ2) is 15.2. The van der Waals surface area contributed by atoms with Gasteiger partial charge in [0.15, 0.2) is 6.10 Å². The molecule has 1 aliphatic carbocycles. The first-order chi connectivity index (χ1) is 21.9. The summed E-state index contributed by atoms with van der Waals surface area (Å²) in [5.41, 5.74) is 6.36. The number of nitrogens with zero attached hydrogens (tertiary/aromatic N) is 1. The SMILES string of the molecule is O=C(NC[C@@H](O)C(=O)O)c1ccc(CN(C(=O)NCc2ccccc2-c2ccccc2)c2ccc(C3CCCCC3)cc2)cc1. The zero-order valence-electron chi connectivity index (χ0n) is 25.2. The third kappa shape index (κ3) is 8.37. The van der Waals surface area contributed by atoms with Gasteiger partial charge < -0.3 is 20.8 Å². The van der Waals surface area contributed by atoms with Crippen molar-refractivity contribution in [1.29, 1.82) is 0 Å². The Balaban J connectivity index is 1.33. The Hall–Kier alpha value is -4.95. The summed E-state index contributed by atoms with van der Waals surface area (Å²) in [5, 5.41) is 23.8. The number of carboxylic acid groups (broad SMARTS) is 1. The summed E-state index contributed by atoms with van der Waals surface area (Å²) < 4.78 is 0. The Kier molecular flexibility index (Phi) is 10.6. The molecule has 1 saturated carbocycles. The molecule has 1 atom stereocenters. The summed E-state index contributed by atoms with van der Waals surface area (Å²) in [6.07, 6.45) is 4.50. The lowest BCUT2D eigenvalue weighted by molar-refractivity contribution is -0.146. The van der Waals surface area contributed by atoms with Crippen LogP contribution in [0.2, 0.25) is 0 Å². The fourth-order valence-electron chi connectivity index (χ4n) is 5.81. The summed E-state index contributed by atoms with van der Waals surface area (Å²) in [6.45, 7) is 0.227. The lowest BCUT2D eigenvalue weighted by Crippen LogP contribution is -2.39. The molecule has 0 unspecified atom stereocenters. The molecule has 1 aliphatic rings. The Morgan fingerprint density at radius 2 is 1.44 bits per heavy atom. The average Bonchev–Trinajstić information content (AvgIpc) is 3.09. The molecule has 5 rings (SSSR count). The van der Waals surface area contributed by atoms with E-state index in [0.717, 1.165) is 27.9 Å². The van der Waals surface area contributed by atoms with E-state index in [1.165, 1.54) is 37.7 Å². The van der Waals surface area contributed by atoms with Crippen LogP contribution in [0.1, 0.15) is 65.1 Å². The molecule has 8 heteroatoms. The number of hydrogen-bond acceptors (Lipinski definition) is 4. The van der Waals surface area contributed by atoms with Crippen molar-refractivity contribution in [3.63, 3.8) is 0 Å². The molecule has 4 aromatic carbocycles. The van der Waals surface area contributed by atoms with E-state index in [0.29, 0.717) is 18.0 Å². The molecule has 0 saturated heterocycles. The number of urea groups is 1. The molecule has 0 radical (unpaired) electrons. The van der Waals surface area contributed by atoms with Gasteiger partial charge in [0, 0.05) is 17.8 Å². The van der Waals surface area contributed by atoms with Crippen LogP contribution in [0.25, 0.3) is 11.1 Å². The van der Waals surface area contributed by atoms with E-state index in [9.17, 15) is 19.5 Å². The van der Waals surface area contributed by atoms with Crippen molar-refractivity contribution in [2.75, 3.05) is 11.4 Å². The topological polar surface area (TPSA) is 119 Å². The van der Waals surface area contributed by atoms with Crippen molar-refractivity contribution in [3.8, 4) is 11.1 Å². The van der Waals surface area contributed by atoms with Gasteiger partial charge in [0.05, 0.1) is 13.1 Å². The molecule has 3 amide bonds. The van der Waals surface area contributed by atoms with E-state index in [1.54, 1.807) is 29.2 Å². The molecular weight excluding hydrogens is 566 g/mol. The molecule has 0 spiro atoms. The zero-order valence-corrected chi connectivity index (χ0v) is 25.2. The van der Waals surface area contributed by atoms with Crippen LogP contribution >= 0.6 is 0 Å². The number of carbonyl (C=O) groups is 3. The van der Waals surface area contributed by atoms with Gasteiger partial charge in [-0.2, -0.15) is 0 Å². The third-order valence-electron chi connectivity index (χ3n) is 8.36. The number of carbonyl (C=O) groups excluding carboxylic acids is 2. The number of aliphatic carboxylic acids is 1. The summed E-state index contributed by atoms with van der Waals surface area (Å²) >= 11 is 0. The maximum Gasteiger partial charge on any atom is 0.334 e. The first-order valence-corrected chi connectivity index (χ1v) is 15.5. The molecule has 45 heavy (non-hydrogen) atoms. The van der Waals surface area contributed by atoms with Gasteiger partial charge in [0.2, 0.25) is 0 Å². The quantitative estimate of drug-likeness (QED) is 0.156. The average molecular weight is 606 g/mol. The van der Waals surface area contributed by atoms with Gasteiger partial charge in [0.1, 0.15) is 0 Å². The van der Waals surface area contributed by atoms with Crippen LogP contribution in [0.3, 0.4) is 0 Å². The van der Waals surface area contributed by atoms with Gasteiger partial charge in [-0.15, -0.1) is 0 Å². The van der Waals surface area contributed by atoms with E-state index in [1.807, 2.05) is 48.5 Å². The van der Waals surface area contributed by atoms with Crippen LogP contribution in [-0.4, -0.2) is 40.8 Å². The second-order valence-electron chi connectivity index (χ2n) is 11.5. The minimum Gasteiger partial charge on any atom is -0.479 e. The lowest BCUT2D eigenvalue weighted by atomic mass is 9.84. The van der Waals surface area contributed by atoms with E-state index in [-0.39, 0.29) is 12.6 Å². The van der Waals surface area contributed by atoms with Gasteiger partial charge >= 0.3 is 12.0 Å². The van der Waals surface area contributed by atoms with Gasteiger partial charge in [-0.1, -0.05) is 98.1 Å². The summed E-state index contributed by atoms with van der Waals surface area (Å²) in [5.74, 6) is -1.34. The highest BCUT2D eigenvalue weighted by Crippen LogP contribution is 2.33. The minimum absolute atomic E-state index is 0.243. The highest BCUT2D eigenvalue weighted by Gasteiger charge is 2.20. The fourth-order valence-corrected chi connectivity index (χ4v) is 5.81. The van der Waals surface area contributed by atoms with E-state index >= 15 is 0 Å². The normalized spacial score (nSPS) is 13.9. The van der Waals surface area contributed by atoms with Crippen LogP contribution in [0.4, 0.5) is 10.5 Å². The Bertz CT molecular complexity index is 1580. The number of aliphatic hydroxyl groups excluding tert-OH is 1. The number of carboxylic acids is 1. The summed E-state index contributed by atoms with van der Waals surface area (Å²) in [6, 6.07) is 32.9. The molecule has 0 aliphatic heterocycles. The van der Waals surface area contributed by atoms with Crippen LogP contribution in [0.5, 0.6) is 0 Å². The maximum atomic E-state index is 13.8. The van der Waals surface area contributed by atoms with Crippen molar-refractivity contribution in [1.82, 2.24) is 10.6 Å². The highest BCUT2D eigenvalue weighted by molar-refractivity contribution is 5.95. The van der Waals surface area contributed by atoms with Crippen LogP contribution in [0.15, 0.2) is 103 Å². The van der Waals surface area contributed by atoms with Crippen LogP contribution < -0.4 is 15.5 Å². The van der Waals surface area contributed by atoms with E-state index < -0.39 is 24.5 Å². The number of anilines is 1. The standard InChI is InChI=1S/C37H39N3O5/c41-34(36(43)44)24-38-35(42)30-17-15-26(16-18-30)25-40(32-21-19-28(20-22-32)27-9-3-1-4-10-27)37(45)39-23-31-13-7-8-14-33(31)29-11-5-2-6-12-29/h2,5-8,11-22,27,34,41H,1,3-4,9-10,23-25H2,(H,38,42)(H,39,45)(H,43,44)/t34-/m1/s1. The first-order valence-electron chi connectivity index (χ1n) is 15.5. The van der Waals surface area contributed by atoms with Crippen molar-refractivity contribution < 1.29 is 24.6 Å². The predicted octanol–water partition coefficient (Wildman–Crippen LogP) is 6.49. The number of hydrogen-bond donors (Lipinski definition) is 4. The zero-order chi connectivity index (χ0) is 31.6. The van der Waals surface area contributed by atoms with Crippen molar-refractivity contribution >= 4 is 23.6 Å². The van der Waals surface area contributed by atoms with E-state index in [2.05, 4.69) is 41.0 Å². The monoisotopic (exact) mass is 605 g/mol. The van der Waals surface area contributed by atoms with E-state index in [4.69, 9.17) is 5.11 Å².